The van der Waals surface area contributed by atoms with E-state index in [4.69, 9.17) is 0 Å². The van der Waals surface area contributed by atoms with Crippen LogP contribution in [0.4, 0.5) is 11.5 Å². The van der Waals surface area contributed by atoms with E-state index in [-0.39, 0.29) is 23.0 Å². The van der Waals surface area contributed by atoms with Crippen molar-refractivity contribution in [1.29, 1.82) is 5.26 Å². The first-order chi connectivity index (χ1) is 16.7. The second kappa shape index (κ2) is 8.64. The van der Waals surface area contributed by atoms with Gasteiger partial charge in [-0.1, -0.05) is 36.4 Å². The van der Waals surface area contributed by atoms with Crippen LogP contribution in [-0.2, 0) is 0 Å². The van der Waals surface area contributed by atoms with Gasteiger partial charge in [0, 0.05) is 12.4 Å². The topological polar surface area (TPSA) is 139 Å². The number of benzene rings is 2. The van der Waals surface area contributed by atoms with Crippen molar-refractivity contribution < 1.29 is 5.11 Å². The van der Waals surface area contributed by atoms with Crippen LogP contribution in [0.2, 0.25) is 0 Å². The second-order valence-corrected chi connectivity index (χ2v) is 6.93. The molecule has 0 radical (unpaired) electrons. The monoisotopic (exact) mass is 449 g/mol. The summed E-state index contributed by atoms with van der Waals surface area (Å²) in [4.78, 5) is 21.6. The maximum absolute atomic E-state index is 13.4. The van der Waals surface area contributed by atoms with E-state index in [0.717, 1.165) is 0 Å². The lowest BCUT2D eigenvalue weighted by Gasteiger charge is -2.12. The lowest BCUT2D eigenvalue weighted by molar-refractivity contribution is 0.426. The molecule has 0 aliphatic rings. The minimum Gasteiger partial charge on any atom is -0.492 e. The first-order valence-electron chi connectivity index (χ1n) is 10.0. The molecule has 3 aromatic heterocycles. The first-order valence-corrected chi connectivity index (χ1v) is 10.0. The number of para-hydroxylation sites is 2. The normalized spacial score (nSPS) is 11.0. The van der Waals surface area contributed by atoms with Gasteiger partial charge in [0.25, 0.3) is 5.95 Å². The average molecular weight is 449 g/mol. The van der Waals surface area contributed by atoms with Crippen molar-refractivity contribution in [2.75, 3.05) is 0 Å². The Balaban J connectivity index is 1.69. The lowest BCUT2D eigenvalue weighted by atomic mass is 10.3. The summed E-state index contributed by atoms with van der Waals surface area (Å²) in [6, 6.07) is 21.3. The van der Waals surface area contributed by atoms with E-state index >= 15 is 0 Å². The van der Waals surface area contributed by atoms with Gasteiger partial charge in [-0.05, 0) is 30.3 Å². The van der Waals surface area contributed by atoms with E-state index in [9.17, 15) is 15.2 Å². The van der Waals surface area contributed by atoms with E-state index in [0.29, 0.717) is 11.4 Å². The summed E-state index contributed by atoms with van der Waals surface area (Å²) in [5, 5.41) is 32.7. The summed E-state index contributed by atoms with van der Waals surface area (Å²) in [5.74, 6) is -0.221. The van der Waals surface area contributed by atoms with E-state index in [1.165, 1.54) is 32.6 Å². The molecule has 1 N–H and O–H groups in total. The van der Waals surface area contributed by atoms with Crippen molar-refractivity contribution in [3.63, 3.8) is 0 Å². The largest absolute Gasteiger partial charge is 0.492 e. The smallest absolute Gasteiger partial charge is 0.303 e. The molecule has 34 heavy (non-hydrogen) atoms. The molecule has 3 heterocycles. The molecule has 0 saturated heterocycles. The Morgan fingerprint density at radius 3 is 2.09 bits per heavy atom. The molecule has 11 nitrogen and oxygen atoms in total. The number of rotatable bonds is 5. The standard InChI is InChI=1S/C23H15N9O2/c24-14-16-15-27-30(23-25-12-7-13-26-23)20(16)29-28-19-21(33)31(17-8-3-1-4-9-17)32(22(19)34)18-10-5-2-6-11-18/h1-13,15,33H. The fraction of sp³-hybridized carbons (Fsp3) is 0. The second-order valence-electron chi connectivity index (χ2n) is 6.93. The first kappa shape index (κ1) is 20.5. The highest BCUT2D eigenvalue weighted by molar-refractivity contribution is 5.54. The predicted molar refractivity (Wildman–Crippen MR) is 121 cm³/mol. The number of nitriles is 1. The number of hydrogen-bond donors (Lipinski definition) is 1. The summed E-state index contributed by atoms with van der Waals surface area (Å²) in [6.45, 7) is 0. The van der Waals surface area contributed by atoms with Gasteiger partial charge in [-0.25, -0.2) is 19.3 Å². The zero-order chi connectivity index (χ0) is 23.5. The maximum atomic E-state index is 13.4. The van der Waals surface area contributed by atoms with E-state index < -0.39 is 11.4 Å². The van der Waals surface area contributed by atoms with Gasteiger partial charge in [0.15, 0.2) is 5.82 Å². The number of aromatic hydroxyl groups is 1. The van der Waals surface area contributed by atoms with Crippen molar-refractivity contribution in [2.24, 2.45) is 10.2 Å². The van der Waals surface area contributed by atoms with E-state index in [1.807, 2.05) is 18.2 Å². The molecule has 0 aliphatic heterocycles. The third kappa shape index (κ3) is 3.51. The Morgan fingerprint density at radius 1 is 0.853 bits per heavy atom. The summed E-state index contributed by atoms with van der Waals surface area (Å²) >= 11 is 0. The molecule has 5 rings (SSSR count). The van der Waals surface area contributed by atoms with Crippen LogP contribution in [0.3, 0.4) is 0 Å². The molecule has 2 aromatic carbocycles. The molecule has 164 valence electrons. The fourth-order valence-electron chi connectivity index (χ4n) is 3.34. The number of azo groups is 1. The van der Waals surface area contributed by atoms with Gasteiger partial charge in [0.05, 0.1) is 17.6 Å². The van der Waals surface area contributed by atoms with Crippen LogP contribution in [0.5, 0.6) is 5.88 Å². The van der Waals surface area contributed by atoms with Gasteiger partial charge in [0.1, 0.15) is 11.6 Å². The molecule has 0 aliphatic carbocycles. The Bertz CT molecular complexity index is 1580. The van der Waals surface area contributed by atoms with Gasteiger partial charge >= 0.3 is 5.56 Å². The van der Waals surface area contributed by atoms with Crippen molar-refractivity contribution in [3.8, 4) is 29.3 Å². The number of nitrogens with zero attached hydrogens (tertiary/aromatic N) is 9. The molecule has 0 atom stereocenters. The van der Waals surface area contributed by atoms with Gasteiger partial charge in [-0.15, -0.1) is 10.2 Å². The highest BCUT2D eigenvalue weighted by atomic mass is 16.3. The minimum atomic E-state index is -0.600. The van der Waals surface area contributed by atoms with Gasteiger partial charge in [-0.3, -0.25) is 4.79 Å². The maximum Gasteiger partial charge on any atom is 0.303 e. The highest BCUT2D eigenvalue weighted by Gasteiger charge is 2.23. The van der Waals surface area contributed by atoms with Gasteiger partial charge in [-0.2, -0.15) is 15.0 Å². The lowest BCUT2D eigenvalue weighted by Crippen LogP contribution is -2.20. The van der Waals surface area contributed by atoms with Crippen molar-refractivity contribution in [2.45, 2.75) is 0 Å². The highest BCUT2D eigenvalue weighted by Crippen LogP contribution is 2.31. The average Bonchev–Trinajstić information content (AvgIpc) is 3.42. The minimum absolute atomic E-state index is 0.0197. The Morgan fingerprint density at radius 2 is 1.47 bits per heavy atom. The zero-order valence-electron chi connectivity index (χ0n) is 17.5. The molecule has 0 amide bonds. The van der Waals surface area contributed by atoms with Crippen LogP contribution < -0.4 is 5.56 Å². The zero-order valence-corrected chi connectivity index (χ0v) is 17.5. The molecular formula is C23H15N9O2. The molecule has 0 spiro atoms. The van der Waals surface area contributed by atoms with E-state index in [2.05, 4.69) is 25.3 Å². The predicted octanol–water partition coefficient (Wildman–Crippen LogP) is 3.60. The van der Waals surface area contributed by atoms with Crippen molar-refractivity contribution in [3.05, 3.63) is 101 Å². The van der Waals surface area contributed by atoms with Crippen LogP contribution in [0.1, 0.15) is 5.56 Å². The molecule has 11 heteroatoms. The Kier molecular flexibility index (Phi) is 5.21. The molecule has 5 aromatic rings. The van der Waals surface area contributed by atoms with Crippen LogP contribution in [0.25, 0.3) is 17.3 Å². The Labute approximate surface area is 192 Å². The third-order valence-electron chi connectivity index (χ3n) is 4.86. The van der Waals surface area contributed by atoms with Crippen LogP contribution in [0, 0.1) is 11.3 Å². The summed E-state index contributed by atoms with van der Waals surface area (Å²) < 4.78 is 3.86. The van der Waals surface area contributed by atoms with Crippen LogP contribution in [-0.4, -0.2) is 34.2 Å². The molecule has 0 bridgehead atoms. The molecule has 0 saturated carbocycles. The summed E-state index contributed by atoms with van der Waals surface area (Å²) in [7, 11) is 0. The molecule has 0 fully saturated rings. The molecular weight excluding hydrogens is 434 g/mol. The summed E-state index contributed by atoms with van der Waals surface area (Å²) in [5.41, 5.74) is 0.258. The number of aromatic nitrogens is 6. The van der Waals surface area contributed by atoms with Crippen molar-refractivity contribution >= 4 is 11.5 Å². The fourth-order valence-corrected chi connectivity index (χ4v) is 3.34. The SMILES string of the molecule is N#Cc1cnn(-c2ncccn2)c1N=Nc1c(O)n(-c2ccccc2)n(-c2ccccc2)c1=O. The molecule has 0 unspecified atom stereocenters. The summed E-state index contributed by atoms with van der Waals surface area (Å²) in [6.07, 6.45) is 4.32. The third-order valence-corrected chi connectivity index (χ3v) is 4.86. The van der Waals surface area contributed by atoms with E-state index in [1.54, 1.807) is 54.6 Å². The van der Waals surface area contributed by atoms with Gasteiger partial charge in [0.2, 0.25) is 11.6 Å². The Hall–Kier alpha value is -5.37. The van der Waals surface area contributed by atoms with Crippen LogP contribution >= 0.6 is 0 Å². The van der Waals surface area contributed by atoms with Gasteiger partial charge < -0.3 is 5.11 Å². The van der Waals surface area contributed by atoms with Crippen LogP contribution in [0.15, 0.2) is 100 Å². The number of hydrogen-bond acceptors (Lipinski definition) is 8. The quantitative estimate of drug-likeness (QED) is 0.407. The van der Waals surface area contributed by atoms with Crippen molar-refractivity contribution in [1.82, 2.24) is 29.1 Å².